The van der Waals surface area contributed by atoms with E-state index in [2.05, 4.69) is 12.0 Å². The van der Waals surface area contributed by atoms with Gasteiger partial charge in [-0.2, -0.15) is 5.10 Å². The van der Waals surface area contributed by atoms with Crippen LogP contribution in [0.25, 0.3) is 0 Å². The fourth-order valence-corrected chi connectivity index (χ4v) is 1.49. The maximum absolute atomic E-state index is 6.05. The summed E-state index contributed by atoms with van der Waals surface area (Å²) in [6.07, 6.45) is 2.25. The highest BCUT2D eigenvalue weighted by Gasteiger charge is 2.10. The molecule has 1 aromatic heterocycles. The molecule has 0 aliphatic rings. The zero-order valence-electron chi connectivity index (χ0n) is 9.01. The molecular formula is C10H17ClN2O. The minimum absolute atomic E-state index is 0.568. The Morgan fingerprint density at radius 3 is 2.71 bits per heavy atom. The number of rotatable bonds is 5. The highest BCUT2D eigenvalue weighted by Crippen LogP contribution is 2.19. The third kappa shape index (κ3) is 2.72. The molecular weight excluding hydrogens is 200 g/mol. The van der Waals surface area contributed by atoms with E-state index in [1.165, 1.54) is 0 Å². The molecule has 0 saturated heterocycles. The van der Waals surface area contributed by atoms with Gasteiger partial charge in [-0.1, -0.05) is 24.9 Å². The Morgan fingerprint density at radius 1 is 1.50 bits per heavy atom. The molecule has 0 fully saturated rings. The lowest BCUT2D eigenvalue weighted by atomic mass is 10.3. The topological polar surface area (TPSA) is 27.1 Å². The second-order valence-corrected chi connectivity index (χ2v) is 3.74. The molecule has 0 N–H and O–H groups in total. The highest BCUT2D eigenvalue weighted by atomic mass is 35.5. The van der Waals surface area contributed by atoms with Gasteiger partial charge in [0.15, 0.2) is 0 Å². The van der Waals surface area contributed by atoms with Crippen LogP contribution in [0.15, 0.2) is 0 Å². The van der Waals surface area contributed by atoms with Crippen LogP contribution in [-0.4, -0.2) is 16.4 Å². The van der Waals surface area contributed by atoms with Gasteiger partial charge in [0.25, 0.3) is 0 Å². The summed E-state index contributed by atoms with van der Waals surface area (Å²) in [5.41, 5.74) is 1.96. The lowest BCUT2D eigenvalue weighted by molar-refractivity contribution is 0.117. The van der Waals surface area contributed by atoms with Gasteiger partial charge in [0, 0.05) is 19.2 Å². The first-order valence-electron chi connectivity index (χ1n) is 4.92. The van der Waals surface area contributed by atoms with Gasteiger partial charge in [0.2, 0.25) is 0 Å². The van der Waals surface area contributed by atoms with Crippen LogP contribution in [-0.2, 0) is 18.4 Å². The Labute approximate surface area is 90.0 Å². The van der Waals surface area contributed by atoms with Crippen molar-refractivity contribution in [2.24, 2.45) is 7.05 Å². The molecule has 80 valence electrons. The van der Waals surface area contributed by atoms with Gasteiger partial charge in [-0.05, 0) is 13.3 Å². The molecule has 4 heteroatoms. The van der Waals surface area contributed by atoms with E-state index in [4.69, 9.17) is 16.3 Å². The van der Waals surface area contributed by atoms with Gasteiger partial charge in [-0.25, -0.2) is 0 Å². The first-order valence-corrected chi connectivity index (χ1v) is 5.30. The molecule has 14 heavy (non-hydrogen) atoms. The first kappa shape index (κ1) is 11.5. The molecule has 0 aromatic carbocycles. The van der Waals surface area contributed by atoms with Crippen molar-refractivity contribution < 1.29 is 4.74 Å². The number of halogens is 1. The maximum atomic E-state index is 6.05. The van der Waals surface area contributed by atoms with E-state index in [0.29, 0.717) is 11.8 Å². The molecule has 0 bridgehead atoms. The van der Waals surface area contributed by atoms with Crippen LogP contribution in [0.1, 0.15) is 31.0 Å². The van der Waals surface area contributed by atoms with Crippen LogP contribution in [0.2, 0.25) is 5.15 Å². The summed E-state index contributed by atoms with van der Waals surface area (Å²) >= 11 is 6.05. The summed E-state index contributed by atoms with van der Waals surface area (Å²) in [6, 6.07) is 0. The number of nitrogens with zero attached hydrogens (tertiary/aromatic N) is 2. The van der Waals surface area contributed by atoms with Gasteiger partial charge in [-0.3, -0.25) is 4.68 Å². The molecule has 3 nitrogen and oxygen atoms in total. The Bertz CT molecular complexity index is 297. The minimum atomic E-state index is 0.568. The summed E-state index contributed by atoms with van der Waals surface area (Å²) in [5.74, 6) is 0. The van der Waals surface area contributed by atoms with Gasteiger partial charge in [0.05, 0.1) is 12.3 Å². The maximum Gasteiger partial charge on any atom is 0.132 e. The summed E-state index contributed by atoms with van der Waals surface area (Å²) in [7, 11) is 1.84. The Balaban J connectivity index is 2.49. The van der Waals surface area contributed by atoms with Gasteiger partial charge in [-0.15, -0.1) is 0 Å². The van der Waals surface area contributed by atoms with Crippen molar-refractivity contribution >= 4 is 11.6 Å². The molecule has 0 aliphatic heterocycles. The SMILES string of the molecule is CCCCOCc1c(C)nn(C)c1Cl. The summed E-state index contributed by atoms with van der Waals surface area (Å²) < 4.78 is 7.17. The summed E-state index contributed by atoms with van der Waals surface area (Å²) in [5, 5.41) is 4.89. The Kier molecular flexibility index (Phi) is 4.42. The van der Waals surface area contributed by atoms with Crippen molar-refractivity contribution in [3.8, 4) is 0 Å². The normalized spacial score (nSPS) is 10.9. The van der Waals surface area contributed by atoms with Crippen molar-refractivity contribution in [2.75, 3.05) is 6.61 Å². The first-order chi connectivity index (χ1) is 6.66. The van der Waals surface area contributed by atoms with Crippen molar-refractivity contribution in [3.05, 3.63) is 16.4 Å². The zero-order valence-corrected chi connectivity index (χ0v) is 9.76. The summed E-state index contributed by atoms with van der Waals surface area (Å²) in [4.78, 5) is 0. The quantitative estimate of drug-likeness (QED) is 0.708. The smallest absolute Gasteiger partial charge is 0.132 e. The van der Waals surface area contributed by atoms with E-state index in [0.717, 1.165) is 30.7 Å². The van der Waals surface area contributed by atoms with Crippen molar-refractivity contribution in [3.63, 3.8) is 0 Å². The van der Waals surface area contributed by atoms with E-state index in [-0.39, 0.29) is 0 Å². The number of ether oxygens (including phenoxy) is 1. The molecule has 0 aliphatic carbocycles. The van der Waals surface area contributed by atoms with E-state index in [1.807, 2.05) is 14.0 Å². The van der Waals surface area contributed by atoms with Crippen molar-refractivity contribution in [1.29, 1.82) is 0 Å². The largest absolute Gasteiger partial charge is 0.377 e. The molecule has 0 atom stereocenters. The average Bonchev–Trinajstić information content (AvgIpc) is 2.38. The molecule has 0 spiro atoms. The molecule has 0 saturated carbocycles. The lowest BCUT2D eigenvalue weighted by Gasteiger charge is -2.02. The predicted molar refractivity (Wildman–Crippen MR) is 57.5 cm³/mol. The van der Waals surface area contributed by atoms with Crippen LogP contribution >= 0.6 is 11.6 Å². The van der Waals surface area contributed by atoms with Crippen LogP contribution in [0.5, 0.6) is 0 Å². The van der Waals surface area contributed by atoms with Crippen LogP contribution in [0.4, 0.5) is 0 Å². The van der Waals surface area contributed by atoms with Crippen LogP contribution in [0.3, 0.4) is 0 Å². The molecule has 1 heterocycles. The van der Waals surface area contributed by atoms with E-state index in [1.54, 1.807) is 4.68 Å². The predicted octanol–water partition coefficient (Wildman–Crippen LogP) is 2.70. The number of aromatic nitrogens is 2. The van der Waals surface area contributed by atoms with Crippen molar-refractivity contribution in [2.45, 2.75) is 33.3 Å². The number of aryl methyl sites for hydroxylation is 2. The monoisotopic (exact) mass is 216 g/mol. The number of hydrogen-bond donors (Lipinski definition) is 0. The average molecular weight is 217 g/mol. The van der Waals surface area contributed by atoms with Gasteiger partial charge < -0.3 is 4.74 Å². The van der Waals surface area contributed by atoms with E-state index >= 15 is 0 Å². The molecule has 0 radical (unpaired) electrons. The fraction of sp³-hybridized carbons (Fsp3) is 0.700. The minimum Gasteiger partial charge on any atom is -0.377 e. The lowest BCUT2D eigenvalue weighted by Crippen LogP contribution is -1.96. The Hall–Kier alpha value is -0.540. The summed E-state index contributed by atoms with van der Waals surface area (Å²) in [6.45, 7) is 5.45. The third-order valence-electron chi connectivity index (χ3n) is 2.16. The molecule has 1 aromatic rings. The van der Waals surface area contributed by atoms with Gasteiger partial charge >= 0.3 is 0 Å². The zero-order chi connectivity index (χ0) is 10.6. The second kappa shape index (κ2) is 5.37. The van der Waals surface area contributed by atoms with Crippen molar-refractivity contribution in [1.82, 2.24) is 9.78 Å². The van der Waals surface area contributed by atoms with Crippen LogP contribution in [0, 0.1) is 6.92 Å². The standard InChI is InChI=1S/C10H17ClN2O/c1-4-5-6-14-7-9-8(2)12-13(3)10(9)11/h4-7H2,1-3H3. The van der Waals surface area contributed by atoms with Crippen LogP contribution < -0.4 is 0 Å². The number of unbranched alkanes of at least 4 members (excludes halogenated alkanes) is 1. The fourth-order valence-electron chi connectivity index (χ4n) is 1.26. The highest BCUT2D eigenvalue weighted by molar-refractivity contribution is 6.30. The number of hydrogen-bond acceptors (Lipinski definition) is 2. The second-order valence-electron chi connectivity index (χ2n) is 3.38. The third-order valence-corrected chi connectivity index (χ3v) is 2.63. The molecule has 1 rings (SSSR count). The van der Waals surface area contributed by atoms with E-state index < -0.39 is 0 Å². The Morgan fingerprint density at radius 2 is 2.21 bits per heavy atom. The molecule has 0 amide bonds. The molecule has 0 unspecified atom stereocenters. The van der Waals surface area contributed by atoms with E-state index in [9.17, 15) is 0 Å². The van der Waals surface area contributed by atoms with Gasteiger partial charge in [0.1, 0.15) is 5.15 Å².